The summed E-state index contributed by atoms with van der Waals surface area (Å²) in [6.07, 6.45) is 9.59. The number of aromatic nitrogens is 1. The van der Waals surface area contributed by atoms with Crippen LogP contribution in [0.3, 0.4) is 0 Å². The Balaban J connectivity index is 1.61. The molecule has 1 aliphatic rings. The molecule has 1 aliphatic heterocycles. The maximum Gasteiger partial charge on any atom is 0.254 e. The van der Waals surface area contributed by atoms with Crippen LogP contribution in [0.2, 0.25) is 0 Å². The molecule has 7 heteroatoms. The molecule has 2 amide bonds. The van der Waals surface area contributed by atoms with Gasteiger partial charge in [0.1, 0.15) is 12.3 Å². The minimum atomic E-state index is -0.275. The summed E-state index contributed by atoms with van der Waals surface area (Å²) in [7, 11) is 0. The molecule has 1 fully saturated rings. The van der Waals surface area contributed by atoms with E-state index in [1.807, 2.05) is 24.3 Å². The average Bonchev–Trinajstić information content (AvgIpc) is 3.24. The van der Waals surface area contributed by atoms with Crippen LogP contribution in [-0.2, 0) is 11.2 Å². The van der Waals surface area contributed by atoms with Crippen molar-refractivity contribution in [2.24, 2.45) is 0 Å². The number of piperidine rings is 1. The van der Waals surface area contributed by atoms with Gasteiger partial charge in [-0.15, -0.1) is 0 Å². The van der Waals surface area contributed by atoms with Gasteiger partial charge < -0.3 is 19.6 Å². The minimum Gasteiger partial charge on any atom is -0.360 e. The van der Waals surface area contributed by atoms with Gasteiger partial charge in [0.05, 0.1) is 0 Å². The third kappa shape index (κ3) is 8.31. The molecule has 7 nitrogen and oxygen atoms in total. The van der Waals surface area contributed by atoms with Gasteiger partial charge >= 0.3 is 0 Å². The van der Waals surface area contributed by atoms with Crippen molar-refractivity contribution in [1.82, 2.24) is 15.0 Å². The molecule has 0 saturated carbocycles. The summed E-state index contributed by atoms with van der Waals surface area (Å²) in [4.78, 5) is 30.0. The molecule has 33 heavy (non-hydrogen) atoms. The number of carbonyl (C=O) groups is 2. The smallest absolute Gasteiger partial charge is 0.254 e. The fraction of sp³-hybridized carbons (Fsp3) is 0.577. The van der Waals surface area contributed by atoms with Crippen LogP contribution in [0.5, 0.6) is 0 Å². The summed E-state index contributed by atoms with van der Waals surface area (Å²) in [5.41, 5.74) is 1.87. The molecule has 0 bridgehead atoms. The lowest BCUT2D eigenvalue weighted by atomic mass is 10.0. The molecule has 1 N–H and O–H groups in total. The predicted molar refractivity (Wildman–Crippen MR) is 130 cm³/mol. The Kier molecular flexibility index (Phi) is 9.94. The second-order valence-corrected chi connectivity index (χ2v) is 9.01. The third-order valence-corrected chi connectivity index (χ3v) is 6.17. The molecule has 3 rings (SSSR count). The van der Waals surface area contributed by atoms with Crippen LogP contribution >= 0.6 is 0 Å². The summed E-state index contributed by atoms with van der Waals surface area (Å²) in [5.74, 6) is 0.602. The summed E-state index contributed by atoms with van der Waals surface area (Å²) in [5, 5.41) is 6.54. The Morgan fingerprint density at radius 3 is 2.52 bits per heavy atom. The number of aryl methyl sites for hydroxylation is 2. The molecule has 0 radical (unpaired) electrons. The van der Waals surface area contributed by atoms with E-state index >= 15 is 0 Å². The molecule has 0 atom stereocenters. The van der Waals surface area contributed by atoms with E-state index in [0.29, 0.717) is 23.7 Å². The van der Waals surface area contributed by atoms with E-state index in [1.54, 1.807) is 17.9 Å². The van der Waals surface area contributed by atoms with Crippen molar-refractivity contribution in [3.8, 4) is 0 Å². The molecule has 0 aliphatic carbocycles. The number of nitrogens with one attached hydrogen (secondary N) is 1. The first-order valence-electron chi connectivity index (χ1n) is 12.4. The van der Waals surface area contributed by atoms with Crippen LogP contribution in [0.1, 0.15) is 73.6 Å². The number of rotatable bonds is 12. The van der Waals surface area contributed by atoms with E-state index in [4.69, 9.17) is 4.52 Å². The van der Waals surface area contributed by atoms with Gasteiger partial charge in [-0.25, -0.2) is 0 Å². The van der Waals surface area contributed by atoms with Crippen LogP contribution < -0.4 is 5.32 Å². The van der Waals surface area contributed by atoms with Gasteiger partial charge in [0, 0.05) is 24.7 Å². The van der Waals surface area contributed by atoms with E-state index in [2.05, 4.69) is 22.3 Å². The van der Waals surface area contributed by atoms with Crippen LogP contribution in [0, 0.1) is 6.92 Å². The Bertz CT molecular complexity index is 872. The first kappa shape index (κ1) is 25.0. The molecular weight excluding hydrogens is 416 g/mol. The van der Waals surface area contributed by atoms with Crippen molar-refractivity contribution >= 4 is 17.6 Å². The SMILES string of the molecule is CCCCCCc1ccc(C(=O)N(CCN2CCCCC2)CC(=O)Nc2cc(C)on2)cc1. The number of hydrogen-bond donors (Lipinski definition) is 1. The lowest BCUT2D eigenvalue weighted by Crippen LogP contribution is -2.43. The first-order chi connectivity index (χ1) is 16.0. The van der Waals surface area contributed by atoms with Gasteiger partial charge in [-0.05, 0) is 63.4 Å². The van der Waals surface area contributed by atoms with Crippen LogP contribution in [-0.4, -0.2) is 59.5 Å². The maximum absolute atomic E-state index is 13.3. The quantitative estimate of drug-likeness (QED) is 0.472. The van der Waals surface area contributed by atoms with Crippen molar-refractivity contribution in [1.29, 1.82) is 0 Å². The molecule has 1 aromatic heterocycles. The van der Waals surface area contributed by atoms with Gasteiger partial charge in [-0.1, -0.05) is 49.9 Å². The highest BCUT2D eigenvalue weighted by atomic mass is 16.5. The van der Waals surface area contributed by atoms with E-state index < -0.39 is 0 Å². The van der Waals surface area contributed by atoms with Crippen LogP contribution in [0.4, 0.5) is 5.82 Å². The highest BCUT2D eigenvalue weighted by molar-refractivity contribution is 5.99. The molecule has 2 aromatic rings. The zero-order valence-electron chi connectivity index (χ0n) is 20.1. The maximum atomic E-state index is 13.3. The number of nitrogens with zero attached hydrogens (tertiary/aromatic N) is 3. The number of carbonyl (C=O) groups excluding carboxylic acids is 2. The van der Waals surface area contributed by atoms with Crippen molar-refractivity contribution in [3.63, 3.8) is 0 Å². The largest absolute Gasteiger partial charge is 0.360 e. The zero-order chi connectivity index (χ0) is 23.5. The second kappa shape index (κ2) is 13.1. The monoisotopic (exact) mass is 454 g/mol. The van der Waals surface area contributed by atoms with Crippen molar-refractivity contribution < 1.29 is 14.1 Å². The fourth-order valence-corrected chi connectivity index (χ4v) is 4.23. The summed E-state index contributed by atoms with van der Waals surface area (Å²) >= 11 is 0. The summed E-state index contributed by atoms with van der Waals surface area (Å²) < 4.78 is 5.01. The lowest BCUT2D eigenvalue weighted by molar-refractivity contribution is -0.117. The standard InChI is InChI=1S/C26H38N4O3/c1-3-4-5-7-10-22-11-13-23(14-12-22)26(32)30(18-17-29-15-8-6-9-16-29)20-25(31)27-24-19-21(2)33-28-24/h11-14,19H,3-10,15-18,20H2,1-2H3,(H,27,28,31). The Hall–Kier alpha value is -2.67. The topological polar surface area (TPSA) is 78.7 Å². The minimum absolute atomic E-state index is 0.0165. The van der Waals surface area contributed by atoms with E-state index in [0.717, 1.165) is 26.1 Å². The average molecular weight is 455 g/mol. The number of amides is 2. The predicted octanol–water partition coefficient (Wildman–Crippen LogP) is 4.67. The van der Waals surface area contributed by atoms with Crippen molar-refractivity contribution in [3.05, 3.63) is 47.2 Å². The summed E-state index contributed by atoms with van der Waals surface area (Å²) in [6.45, 7) is 7.37. The second-order valence-electron chi connectivity index (χ2n) is 9.01. The molecule has 0 spiro atoms. The Labute approximate surface area is 197 Å². The number of likely N-dealkylation sites (tertiary alicyclic amines) is 1. The molecule has 1 aromatic carbocycles. The highest BCUT2D eigenvalue weighted by Crippen LogP contribution is 2.14. The molecule has 1 saturated heterocycles. The fourth-order valence-electron chi connectivity index (χ4n) is 4.23. The molecule has 0 unspecified atom stereocenters. The molecule has 180 valence electrons. The molecular formula is C26H38N4O3. The highest BCUT2D eigenvalue weighted by Gasteiger charge is 2.21. The van der Waals surface area contributed by atoms with E-state index in [1.165, 1.54) is 50.5 Å². The zero-order valence-corrected chi connectivity index (χ0v) is 20.1. The van der Waals surface area contributed by atoms with Crippen molar-refractivity contribution in [2.45, 2.75) is 65.2 Å². The number of anilines is 1. The number of unbranched alkanes of at least 4 members (excludes halogenated alkanes) is 3. The van der Waals surface area contributed by atoms with Crippen molar-refractivity contribution in [2.75, 3.05) is 38.0 Å². The van der Waals surface area contributed by atoms with Gasteiger partial charge in [0.25, 0.3) is 5.91 Å². The van der Waals surface area contributed by atoms with Gasteiger partial charge in [0.15, 0.2) is 5.82 Å². The number of hydrogen-bond acceptors (Lipinski definition) is 5. The Morgan fingerprint density at radius 1 is 1.09 bits per heavy atom. The van der Waals surface area contributed by atoms with E-state index in [9.17, 15) is 9.59 Å². The van der Waals surface area contributed by atoms with Crippen LogP contribution in [0.25, 0.3) is 0 Å². The third-order valence-electron chi connectivity index (χ3n) is 6.17. The molecule has 2 heterocycles. The van der Waals surface area contributed by atoms with Crippen LogP contribution in [0.15, 0.2) is 34.9 Å². The Morgan fingerprint density at radius 2 is 1.85 bits per heavy atom. The van der Waals surface area contributed by atoms with Gasteiger partial charge in [-0.2, -0.15) is 0 Å². The lowest BCUT2D eigenvalue weighted by Gasteiger charge is -2.30. The van der Waals surface area contributed by atoms with Gasteiger partial charge in [-0.3, -0.25) is 9.59 Å². The van der Waals surface area contributed by atoms with E-state index in [-0.39, 0.29) is 18.4 Å². The normalized spacial score (nSPS) is 14.2. The summed E-state index contributed by atoms with van der Waals surface area (Å²) in [6, 6.07) is 9.53. The first-order valence-corrected chi connectivity index (χ1v) is 12.4. The van der Waals surface area contributed by atoms with Gasteiger partial charge in [0.2, 0.25) is 5.91 Å². The number of benzene rings is 1.